The first-order chi connectivity index (χ1) is 5.95. The molecule has 0 fully saturated rings. The molecule has 0 N–H and O–H groups in total. The van der Waals surface area contributed by atoms with Crippen molar-refractivity contribution in [1.82, 2.24) is 0 Å². The summed E-state index contributed by atoms with van der Waals surface area (Å²) in [5.41, 5.74) is 0. The summed E-state index contributed by atoms with van der Waals surface area (Å²) in [6, 6.07) is 0. The number of ether oxygens (including phenoxy) is 1. The van der Waals surface area contributed by atoms with Gasteiger partial charge in [0.25, 0.3) is 0 Å². The molecule has 13 heavy (non-hydrogen) atoms. The third-order valence-corrected chi connectivity index (χ3v) is 2.08. The number of rotatable bonds is 6. The van der Waals surface area contributed by atoms with Crippen LogP contribution in [0.25, 0.3) is 0 Å². The van der Waals surface area contributed by atoms with Gasteiger partial charge in [-0.2, -0.15) is 13.2 Å². The SMILES string of the molecule is CC(CCBr)CCOCC(F)(F)F. The molecule has 0 amide bonds. The second-order valence-electron chi connectivity index (χ2n) is 3.04. The molecule has 5 heteroatoms. The lowest BCUT2D eigenvalue weighted by atomic mass is 10.1. The highest BCUT2D eigenvalue weighted by Crippen LogP contribution is 2.15. The Hall–Kier alpha value is 0.230. The third-order valence-electron chi connectivity index (χ3n) is 1.62. The van der Waals surface area contributed by atoms with Crippen molar-refractivity contribution in [1.29, 1.82) is 0 Å². The van der Waals surface area contributed by atoms with Crippen molar-refractivity contribution in [2.75, 3.05) is 18.5 Å². The van der Waals surface area contributed by atoms with Gasteiger partial charge in [-0.25, -0.2) is 0 Å². The van der Waals surface area contributed by atoms with Crippen LogP contribution in [0.15, 0.2) is 0 Å². The van der Waals surface area contributed by atoms with E-state index >= 15 is 0 Å². The third kappa shape index (κ3) is 10.1. The van der Waals surface area contributed by atoms with Gasteiger partial charge in [0, 0.05) is 11.9 Å². The Labute approximate surface area is 84.8 Å². The summed E-state index contributed by atoms with van der Waals surface area (Å²) in [5, 5.41) is 0.882. The number of hydrogen-bond donors (Lipinski definition) is 0. The Morgan fingerprint density at radius 3 is 2.38 bits per heavy atom. The Balaban J connectivity index is 3.25. The second-order valence-corrected chi connectivity index (χ2v) is 3.83. The molecule has 0 aliphatic rings. The first-order valence-corrected chi connectivity index (χ1v) is 5.28. The molecule has 0 radical (unpaired) electrons. The van der Waals surface area contributed by atoms with Crippen LogP contribution in [0.3, 0.4) is 0 Å². The van der Waals surface area contributed by atoms with E-state index < -0.39 is 12.8 Å². The first kappa shape index (κ1) is 13.2. The average Bonchev–Trinajstić information content (AvgIpc) is 1.97. The molecule has 0 aromatic heterocycles. The van der Waals surface area contributed by atoms with E-state index in [0.29, 0.717) is 12.3 Å². The van der Waals surface area contributed by atoms with E-state index in [0.717, 1.165) is 11.8 Å². The van der Waals surface area contributed by atoms with Gasteiger partial charge in [-0.15, -0.1) is 0 Å². The predicted octanol–water partition coefficient (Wildman–Crippen LogP) is 3.38. The quantitative estimate of drug-likeness (QED) is 0.527. The normalized spacial score (nSPS) is 14.5. The van der Waals surface area contributed by atoms with Crippen LogP contribution in [0.2, 0.25) is 0 Å². The summed E-state index contributed by atoms with van der Waals surface area (Å²) in [7, 11) is 0. The second kappa shape index (κ2) is 6.65. The Morgan fingerprint density at radius 2 is 1.92 bits per heavy atom. The maximum Gasteiger partial charge on any atom is 0.411 e. The number of halogens is 4. The van der Waals surface area contributed by atoms with Gasteiger partial charge >= 0.3 is 6.18 Å². The van der Waals surface area contributed by atoms with Crippen LogP contribution < -0.4 is 0 Å². The van der Waals surface area contributed by atoms with Gasteiger partial charge in [0.15, 0.2) is 0 Å². The van der Waals surface area contributed by atoms with Gasteiger partial charge in [0.05, 0.1) is 0 Å². The van der Waals surface area contributed by atoms with Crippen LogP contribution in [0, 0.1) is 5.92 Å². The van der Waals surface area contributed by atoms with Crippen molar-refractivity contribution in [3.05, 3.63) is 0 Å². The highest BCUT2D eigenvalue weighted by molar-refractivity contribution is 9.09. The minimum atomic E-state index is -4.20. The summed E-state index contributed by atoms with van der Waals surface area (Å²) in [6.07, 6.45) is -2.55. The molecule has 0 bridgehead atoms. The predicted molar refractivity (Wildman–Crippen MR) is 49.1 cm³/mol. The summed E-state index contributed by atoms with van der Waals surface area (Å²) in [6.45, 7) is 1.06. The van der Waals surface area contributed by atoms with E-state index in [-0.39, 0.29) is 6.61 Å². The molecule has 80 valence electrons. The van der Waals surface area contributed by atoms with E-state index in [9.17, 15) is 13.2 Å². The minimum Gasteiger partial charge on any atom is -0.372 e. The lowest BCUT2D eigenvalue weighted by Crippen LogP contribution is -2.18. The molecule has 1 atom stereocenters. The molecular formula is C8H14BrF3O. The van der Waals surface area contributed by atoms with Crippen molar-refractivity contribution in [3.8, 4) is 0 Å². The fraction of sp³-hybridized carbons (Fsp3) is 1.00. The maximum absolute atomic E-state index is 11.6. The summed E-state index contributed by atoms with van der Waals surface area (Å²) in [4.78, 5) is 0. The average molecular weight is 263 g/mol. The zero-order valence-corrected chi connectivity index (χ0v) is 9.12. The molecule has 0 saturated carbocycles. The molecular weight excluding hydrogens is 249 g/mol. The van der Waals surface area contributed by atoms with Gasteiger partial charge in [0.2, 0.25) is 0 Å². The van der Waals surface area contributed by atoms with E-state index in [4.69, 9.17) is 0 Å². The van der Waals surface area contributed by atoms with Crippen LogP contribution >= 0.6 is 15.9 Å². The monoisotopic (exact) mass is 262 g/mol. The van der Waals surface area contributed by atoms with Gasteiger partial charge in [-0.1, -0.05) is 22.9 Å². The van der Waals surface area contributed by atoms with E-state index in [1.165, 1.54) is 0 Å². The van der Waals surface area contributed by atoms with Crippen LogP contribution in [0.1, 0.15) is 19.8 Å². The van der Waals surface area contributed by atoms with Crippen LogP contribution in [-0.4, -0.2) is 24.7 Å². The lowest BCUT2D eigenvalue weighted by molar-refractivity contribution is -0.174. The molecule has 0 heterocycles. The van der Waals surface area contributed by atoms with Crippen molar-refractivity contribution in [2.45, 2.75) is 25.9 Å². The van der Waals surface area contributed by atoms with Gasteiger partial charge in [-0.3, -0.25) is 0 Å². The van der Waals surface area contributed by atoms with Crippen molar-refractivity contribution in [2.24, 2.45) is 5.92 Å². The van der Waals surface area contributed by atoms with Gasteiger partial charge in [-0.05, 0) is 18.8 Å². The zero-order chi connectivity index (χ0) is 10.3. The van der Waals surface area contributed by atoms with Crippen LogP contribution in [0.4, 0.5) is 13.2 Å². The topological polar surface area (TPSA) is 9.23 Å². The zero-order valence-electron chi connectivity index (χ0n) is 7.53. The fourth-order valence-corrected chi connectivity index (χ4v) is 1.58. The molecule has 0 aromatic carbocycles. The lowest BCUT2D eigenvalue weighted by Gasteiger charge is -2.10. The van der Waals surface area contributed by atoms with Gasteiger partial charge < -0.3 is 4.74 Å². The Kier molecular flexibility index (Phi) is 6.77. The van der Waals surface area contributed by atoms with E-state index in [1.54, 1.807) is 0 Å². The Bertz CT molecular complexity index is 127. The fourth-order valence-electron chi connectivity index (χ4n) is 0.803. The van der Waals surface area contributed by atoms with Crippen LogP contribution in [-0.2, 0) is 4.74 Å². The number of alkyl halides is 4. The maximum atomic E-state index is 11.6. The highest BCUT2D eigenvalue weighted by atomic mass is 79.9. The van der Waals surface area contributed by atoms with Crippen molar-refractivity contribution < 1.29 is 17.9 Å². The smallest absolute Gasteiger partial charge is 0.372 e. The molecule has 1 unspecified atom stereocenters. The standard InChI is InChI=1S/C8H14BrF3O/c1-7(2-4-9)3-5-13-6-8(10,11)12/h7H,2-6H2,1H3. The molecule has 0 aromatic rings. The molecule has 1 nitrogen and oxygen atoms in total. The first-order valence-electron chi connectivity index (χ1n) is 4.16. The van der Waals surface area contributed by atoms with Crippen molar-refractivity contribution >= 4 is 15.9 Å². The minimum absolute atomic E-state index is 0.188. The Morgan fingerprint density at radius 1 is 1.31 bits per heavy atom. The van der Waals surface area contributed by atoms with E-state index in [1.807, 2.05) is 6.92 Å². The summed E-state index contributed by atoms with van der Waals surface area (Å²) >= 11 is 3.27. The van der Waals surface area contributed by atoms with E-state index in [2.05, 4.69) is 20.7 Å². The van der Waals surface area contributed by atoms with Gasteiger partial charge in [0.1, 0.15) is 6.61 Å². The summed E-state index contributed by atoms with van der Waals surface area (Å²) in [5.74, 6) is 0.410. The molecule has 0 saturated heterocycles. The molecule has 0 aliphatic heterocycles. The molecule has 0 rings (SSSR count). The number of hydrogen-bond acceptors (Lipinski definition) is 1. The molecule has 0 aliphatic carbocycles. The van der Waals surface area contributed by atoms with Crippen LogP contribution in [0.5, 0.6) is 0 Å². The van der Waals surface area contributed by atoms with Crippen molar-refractivity contribution in [3.63, 3.8) is 0 Å². The highest BCUT2D eigenvalue weighted by Gasteiger charge is 2.27. The largest absolute Gasteiger partial charge is 0.411 e. The molecule has 0 spiro atoms. The summed E-state index contributed by atoms with van der Waals surface area (Å²) < 4.78 is 39.3.